The van der Waals surface area contributed by atoms with Crippen molar-refractivity contribution in [3.8, 4) is 0 Å². The highest BCUT2D eigenvalue weighted by molar-refractivity contribution is 6.05. The number of carbonyl (C=O) groups excluding carboxylic acids is 2. The number of imide groups is 1. The van der Waals surface area contributed by atoms with Crippen LogP contribution in [-0.2, 0) is 14.4 Å². The first kappa shape index (κ1) is 13.4. The van der Waals surface area contributed by atoms with E-state index in [1.54, 1.807) is 9.48 Å². The molecule has 2 saturated carbocycles. The lowest BCUT2D eigenvalue weighted by Crippen LogP contribution is -2.42. The summed E-state index contributed by atoms with van der Waals surface area (Å²) in [5.41, 5.74) is 0. The van der Waals surface area contributed by atoms with Gasteiger partial charge in [-0.25, -0.2) is 9.48 Å². The van der Waals surface area contributed by atoms with Gasteiger partial charge in [-0.3, -0.25) is 14.4 Å². The molecule has 2 bridgehead atoms. The topological polar surface area (TPSA) is 52.9 Å². The summed E-state index contributed by atoms with van der Waals surface area (Å²) in [5, 5.41) is 1.01. The quantitative estimate of drug-likeness (QED) is 0.297. The Morgan fingerprint density at radius 2 is 1.65 bits per heavy atom. The number of amides is 2. The maximum Gasteiger partial charge on any atom is 0.470 e. The standard InChI is InChI=1S/C14H22N3O3/c1-15(2)14(16(3)4)20-17-12(18)10-8-5-6-9(7-8)11(10)13(17)19/h8-11H,5-7H2,1-4H3/q+1. The Labute approximate surface area is 118 Å². The number of hydrogen-bond donors (Lipinski definition) is 0. The van der Waals surface area contributed by atoms with Gasteiger partial charge >= 0.3 is 6.02 Å². The molecule has 4 unspecified atom stereocenters. The summed E-state index contributed by atoms with van der Waals surface area (Å²) in [7, 11) is 7.30. The maximum atomic E-state index is 12.5. The number of nitrogens with zero attached hydrogens (tertiary/aromatic N) is 3. The van der Waals surface area contributed by atoms with Crippen LogP contribution >= 0.6 is 0 Å². The molecule has 2 amide bonds. The molecule has 0 aromatic heterocycles. The van der Waals surface area contributed by atoms with E-state index in [-0.39, 0.29) is 23.7 Å². The lowest BCUT2D eigenvalue weighted by molar-refractivity contribution is -0.484. The minimum absolute atomic E-state index is 0.133. The van der Waals surface area contributed by atoms with Gasteiger partial charge in [0.25, 0.3) is 11.8 Å². The van der Waals surface area contributed by atoms with E-state index in [0.717, 1.165) is 24.3 Å². The largest absolute Gasteiger partial charge is 0.470 e. The number of rotatable bonds is 1. The van der Waals surface area contributed by atoms with Crippen molar-refractivity contribution in [2.45, 2.75) is 19.3 Å². The normalized spacial score (nSPS) is 34.5. The average Bonchev–Trinajstić information content (AvgIpc) is 3.02. The van der Waals surface area contributed by atoms with Gasteiger partial charge in [0.05, 0.1) is 40.0 Å². The summed E-state index contributed by atoms with van der Waals surface area (Å²) in [6.45, 7) is 0. The van der Waals surface area contributed by atoms with Gasteiger partial charge in [0.15, 0.2) is 0 Å². The van der Waals surface area contributed by atoms with E-state index in [0.29, 0.717) is 17.9 Å². The van der Waals surface area contributed by atoms with E-state index in [1.165, 1.54) is 0 Å². The fourth-order valence-electron chi connectivity index (χ4n) is 4.12. The molecule has 1 saturated heterocycles. The van der Waals surface area contributed by atoms with E-state index >= 15 is 0 Å². The zero-order valence-electron chi connectivity index (χ0n) is 12.5. The summed E-state index contributed by atoms with van der Waals surface area (Å²) < 4.78 is 1.75. The third kappa shape index (κ3) is 1.73. The molecule has 3 fully saturated rings. The van der Waals surface area contributed by atoms with E-state index < -0.39 is 0 Å². The Kier molecular flexibility index (Phi) is 2.99. The van der Waals surface area contributed by atoms with E-state index in [9.17, 15) is 9.59 Å². The van der Waals surface area contributed by atoms with Gasteiger partial charge in [0.1, 0.15) is 0 Å². The molecular formula is C14H22N3O3+. The van der Waals surface area contributed by atoms with Crippen LogP contribution in [0.1, 0.15) is 19.3 Å². The lowest BCUT2D eigenvalue weighted by atomic mass is 9.81. The molecule has 0 aromatic rings. The highest BCUT2D eigenvalue weighted by Crippen LogP contribution is 2.56. The molecule has 110 valence electrons. The van der Waals surface area contributed by atoms with Crippen LogP contribution in [0, 0.1) is 23.7 Å². The summed E-state index contributed by atoms with van der Waals surface area (Å²) in [6, 6.07) is 0.485. The maximum absolute atomic E-state index is 12.5. The van der Waals surface area contributed by atoms with Crippen molar-refractivity contribution in [1.82, 2.24) is 9.96 Å². The van der Waals surface area contributed by atoms with Crippen molar-refractivity contribution in [3.63, 3.8) is 0 Å². The molecule has 20 heavy (non-hydrogen) atoms. The van der Waals surface area contributed by atoms with Gasteiger partial charge in [-0.1, -0.05) is 5.06 Å². The van der Waals surface area contributed by atoms with Gasteiger partial charge in [0.2, 0.25) is 0 Å². The highest BCUT2D eigenvalue weighted by atomic mass is 16.7. The second kappa shape index (κ2) is 4.46. The predicted molar refractivity (Wildman–Crippen MR) is 71.6 cm³/mol. The first-order valence-corrected chi connectivity index (χ1v) is 7.19. The SMILES string of the molecule is CN(C)C(ON1C(=O)C2C3CCC(C3)C2C1=O)=[N+](C)C. The first-order chi connectivity index (χ1) is 9.41. The second-order valence-electron chi connectivity index (χ2n) is 6.52. The van der Waals surface area contributed by atoms with Crippen molar-refractivity contribution in [3.05, 3.63) is 0 Å². The van der Waals surface area contributed by atoms with E-state index in [2.05, 4.69) is 0 Å². The molecule has 0 radical (unpaired) electrons. The number of hydroxylamine groups is 2. The molecule has 0 spiro atoms. The first-order valence-electron chi connectivity index (χ1n) is 7.19. The summed E-state index contributed by atoms with van der Waals surface area (Å²) in [4.78, 5) is 32.4. The van der Waals surface area contributed by atoms with Crippen molar-refractivity contribution in [2.75, 3.05) is 28.2 Å². The van der Waals surface area contributed by atoms with Crippen molar-refractivity contribution in [1.29, 1.82) is 0 Å². The van der Waals surface area contributed by atoms with Gasteiger partial charge in [-0.15, -0.1) is 0 Å². The zero-order valence-corrected chi connectivity index (χ0v) is 12.5. The Hall–Kier alpha value is -1.59. The molecule has 1 heterocycles. The van der Waals surface area contributed by atoms with Gasteiger partial charge in [0, 0.05) is 0 Å². The number of hydrogen-bond acceptors (Lipinski definition) is 3. The monoisotopic (exact) mass is 280 g/mol. The Morgan fingerprint density at radius 1 is 1.15 bits per heavy atom. The summed E-state index contributed by atoms with van der Waals surface area (Å²) >= 11 is 0. The van der Waals surface area contributed by atoms with Crippen LogP contribution in [-0.4, -0.2) is 60.6 Å². The number of carbonyl (C=O) groups is 2. The van der Waals surface area contributed by atoms with Gasteiger partial charge < -0.3 is 0 Å². The smallest absolute Gasteiger partial charge is 0.292 e. The molecule has 0 N–H and O–H groups in total. The number of amidine groups is 1. The van der Waals surface area contributed by atoms with E-state index in [4.69, 9.17) is 4.84 Å². The Balaban J connectivity index is 1.84. The number of fused-ring (bicyclic) bond motifs is 5. The summed E-state index contributed by atoms with van der Waals surface area (Å²) in [5.74, 6) is 0.217. The van der Waals surface area contributed by atoms with Crippen molar-refractivity contribution >= 4 is 17.8 Å². The molecule has 6 heteroatoms. The highest BCUT2D eigenvalue weighted by Gasteiger charge is 2.62. The molecule has 0 aromatic carbocycles. The molecule has 2 aliphatic carbocycles. The third-order valence-electron chi connectivity index (χ3n) is 4.83. The fraction of sp³-hybridized carbons (Fsp3) is 0.786. The molecular weight excluding hydrogens is 258 g/mol. The Bertz CT molecular complexity index is 468. The molecule has 4 atom stereocenters. The van der Waals surface area contributed by atoms with Crippen LogP contribution < -0.4 is 0 Å². The third-order valence-corrected chi connectivity index (χ3v) is 4.83. The zero-order chi connectivity index (χ0) is 14.6. The van der Waals surface area contributed by atoms with Crippen molar-refractivity contribution in [2.24, 2.45) is 23.7 Å². The lowest BCUT2D eigenvalue weighted by Gasteiger charge is -2.18. The van der Waals surface area contributed by atoms with Crippen LogP contribution in [0.15, 0.2) is 0 Å². The molecule has 1 aliphatic heterocycles. The molecule has 3 aliphatic rings. The molecule has 3 rings (SSSR count). The fourth-order valence-corrected chi connectivity index (χ4v) is 4.12. The van der Waals surface area contributed by atoms with Crippen LogP contribution in [0.25, 0.3) is 0 Å². The van der Waals surface area contributed by atoms with E-state index in [1.807, 2.05) is 28.2 Å². The van der Waals surface area contributed by atoms with Crippen LogP contribution in [0.5, 0.6) is 0 Å². The minimum Gasteiger partial charge on any atom is -0.292 e. The van der Waals surface area contributed by atoms with Crippen LogP contribution in [0.3, 0.4) is 0 Å². The second-order valence-corrected chi connectivity index (χ2v) is 6.52. The average molecular weight is 280 g/mol. The summed E-state index contributed by atoms with van der Waals surface area (Å²) in [6.07, 6.45) is 3.20. The van der Waals surface area contributed by atoms with Gasteiger partial charge in [-0.05, 0) is 31.1 Å². The molecule has 6 nitrogen and oxygen atoms in total. The van der Waals surface area contributed by atoms with Crippen LogP contribution in [0.2, 0.25) is 0 Å². The minimum atomic E-state index is -0.145. The predicted octanol–water partition coefficient (Wildman–Crippen LogP) is 0.139. The van der Waals surface area contributed by atoms with Gasteiger partial charge in [-0.2, -0.15) is 0 Å². The van der Waals surface area contributed by atoms with Crippen molar-refractivity contribution < 1.29 is 19.0 Å². The van der Waals surface area contributed by atoms with Crippen LogP contribution in [0.4, 0.5) is 0 Å². The Morgan fingerprint density at radius 3 is 2.05 bits per heavy atom.